The molecule has 1 aliphatic heterocycles. The number of carbonyl (C=O) groups is 1. The van der Waals surface area contributed by atoms with E-state index in [0.717, 1.165) is 25.2 Å². The lowest BCUT2D eigenvalue weighted by Crippen LogP contribution is -2.31. The summed E-state index contributed by atoms with van der Waals surface area (Å²) in [6, 6.07) is 15.7. The first-order valence-corrected chi connectivity index (χ1v) is 10.6. The van der Waals surface area contributed by atoms with Crippen LogP contribution in [0.15, 0.2) is 59.0 Å². The Morgan fingerprint density at radius 1 is 1.19 bits per heavy atom. The quantitative estimate of drug-likeness (QED) is 0.521. The van der Waals surface area contributed by atoms with Crippen LogP contribution < -0.4 is 15.4 Å². The van der Waals surface area contributed by atoms with Crippen LogP contribution in [-0.2, 0) is 0 Å². The van der Waals surface area contributed by atoms with Gasteiger partial charge in [0.2, 0.25) is 0 Å². The minimum atomic E-state index is -0.420. The number of halogens is 1. The fourth-order valence-electron chi connectivity index (χ4n) is 3.82. The summed E-state index contributed by atoms with van der Waals surface area (Å²) in [5.74, 6) is -0.0818. The molecule has 4 rings (SSSR count). The largest absolute Gasteiger partial charge is 0.733 e. The Morgan fingerprint density at radius 3 is 2.59 bits per heavy atom. The van der Waals surface area contributed by atoms with Gasteiger partial charge in [-0.1, -0.05) is 11.6 Å². The third-order valence-electron chi connectivity index (χ3n) is 5.65. The number of hydrogen-bond acceptors (Lipinski definition) is 7. The molecule has 3 aromatic rings. The lowest BCUT2D eigenvalue weighted by Gasteiger charge is -2.24. The predicted octanol–water partition coefficient (Wildman–Crippen LogP) is 4.69. The van der Waals surface area contributed by atoms with Crippen LogP contribution in [-0.4, -0.2) is 49.2 Å². The summed E-state index contributed by atoms with van der Waals surface area (Å²) < 4.78 is 5.63. The minimum absolute atomic E-state index is 0.0761. The highest BCUT2D eigenvalue weighted by atomic mass is 35.5. The van der Waals surface area contributed by atoms with Crippen LogP contribution in [0.25, 0.3) is 11.3 Å². The Hall–Kier alpha value is -3.04. The van der Waals surface area contributed by atoms with Gasteiger partial charge in [-0.2, -0.15) is 0 Å². The molecular formula is C23H24ClN4O4-. The van der Waals surface area contributed by atoms with Gasteiger partial charge in [0.1, 0.15) is 5.76 Å². The molecule has 0 spiro atoms. The van der Waals surface area contributed by atoms with Gasteiger partial charge in [-0.05, 0) is 75.1 Å². The molecule has 2 aromatic carbocycles. The van der Waals surface area contributed by atoms with E-state index >= 15 is 0 Å². The molecule has 2 heterocycles. The summed E-state index contributed by atoms with van der Waals surface area (Å²) in [7, 11) is 4.20. The van der Waals surface area contributed by atoms with E-state index in [9.17, 15) is 15.2 Å². The lowest BCUT2D eigenvalue weighted by atomic mass is 10.1. The highest BCUT2D eigenvalue weighted by Crippen LogP contribution is 2.34. The van der Waals surface area contributed by atoms with E-state index in [-0.39, 0.29) is 27.5 Å². The van der Waals surface area contributed by atoms with E-state index in [2.05, 4.69) is 29.2 Å². The molecule has 0 bridgehead atoms. The van der Waals surface area contributed by atoms with Gasteiger partial charge < -0.3 is 30.0 Å². The van der Waals surface area contributed by atoms with Crippen molar-refractivity contribution in [1.29, 1.82) is 0 Å². The predicted molar refractivity (Wildman–Crippen MR) is 125 cm³/mol. The number of benzene rings is 2. The zero-order valence-electron chi connectivity index (χ0n) is 17.8. The fourth-order valence-corrected chi connectivity index (χ4v) is 3.99. The summed E-state index contributed by atoms with van der Waals surface area (Å²) in [6.45, 7) is 1.99. The van der Waals surface area contributed by atoms with Crippen molar-refractivity contribution in [3.63, 3.8) is 0 Å². The molecule has 8 nitrogen and oxygen atoms in total. The van der Waals surface area contributed by atoms with Gasteiger partial charge in [0, 0.05) is 41.1 Å². The van der Waals surface area contributed by atoms with Crippen molar-refractivity contribution in [2.24, 2.45) is 0 Å². The van der Waals surface area contributed by atoms with Crippen LogP contribution >= 0.6 is 11.6 Å². The molecule has 2 N–H and O–H groups in total. The normalized spacial score (nSPS) is 15.9. The summed E-state index contributed by atoms with van der Waals surface area (Å²) >= 11 is 5.89. The first-order chi connectivity index (χ1) is 15.3. The number of anilines is 3. The van der Waals surface area contributed by atoms with E-state index in [4.69, 9.17) is 16.0 Å². The summed E-state index contributed by atoms with van der Waals surface area (Å²) in [6.07, 6.45) is 1.13. The summed E-state index contributed by atoms with van der Waals surface area (Å²) in [5, 5.41) is 23.6. The van der Waals surface area contributed by atoms with Crippen LogP contribution in [0, 0.1) is 5.21 Å². The number of hydrogen-bond donors (Lipinski definition) is 2. The van der Waals surface area contributed by atoms with Crippen molar-refractivity contribution in [3.05, 3.63) is 70.6 Å². The smallest absolute Gasteiger partial charge is 0.291 e. The molecule has 1 unspecified atom stereocenters. The second-order valence-corrected chi connectivity index (χ2v) is 8.39. The van der Waals surface area contributed by atoms with Crippen LogP contribution in [0.1, 0.15) is 17.0 Å². The molecule has 1 atom stereocenters. The van der Waals surface area contributed by atoms with Gasteiger partial charge in [-0.15, -0.1) is 0 Å². The van der Waals surface area contributed by atoms with Crippen molar-refractivity contribution >= 4 is 34.6 Å². The van der Waals surface area contributed by atoms with Gasteiger partial charge >= 0.3 is 0 Å². The Labute approximate surface area is 191 Å². The van der Waals surface area contributed by atoms with Crippen LogP contribution in [0.3, 0.4) is 0 Å². The molecule has 168 valence electrons. The molecule has 1 amide bonds. The minimum Gasteiger partial charge on any atom is -0.733 e. The van der Waals surface area contributed by atoms with Gasteiger partial charge in [0.25, 0.3) is 5.91 Å². The maximum absolute atomic E-state index is 12.6. The number of amides is 1. The Kier molecular flexibility index (Phi) is 6.38. The van der Waals surface area contributed by atoms with E-state index in [1.807, 2.05) is 24.3 Å². The third-order valence-corrected chi connectivity index (χ3v) is 5.88. The van der Waals surface area contributed by atoms with E-state index < -0.39 is 5.91 Å². The number of nitrogens with zero attached hydrogens (tertiary/aromatic N) is 3. The van der Waals surface area contributed by atoms with Crippen LogP contribution in [0.5, 0.6) is 0 Å². The number of carbonyl (C=O) groups excluding carboxylic acids is 1. The number of furan rings is 1. The van der Waals surface area contributed by atoms with E-state index in [1.54, 1.807) is 12.1 Å². The Balaban J connectivity index is 1.44. The SMILES string of the molecule is CN(C)C1CCN(c2ccc(NC(=O)c3ccc(-c4ccc(Cl)cc4N([O-])O)o3)cc2)C1. The third kappa shape index (κ3) is 4.73. The molecule has 9 heteroatoms. The van der Waals surface area contributed by atoms with Crippen molar-refractivity contribution in [3.8, 4) is 11.3 Å². The maximum atomic E-state index is 12.6. The fraction of sp³-hybridized carbons (Fsp3) is 0.261. The van der Waals surface area contributed by atoms with Crippen molar-refractivity contribution < 1.29 is 14.4 Å². The van der Waals surface area contributed by atoms with E-state index in [1.165, 1.54) is 18.2 Å². The Morgan fingerprint density at radius 2 is 1.94 bits per heavy atom. The molecule has 0 saturated carbocycles. The van der Waals surface area contributed by atoms with Crippen LogP contribution in [0.4, 0.5) is 17.1 Å². The maximum Gasteiger partial charge on any atom is 0.291 e. The monoisotopic (exact) mass is 455 g/mol. The standard InChI is InChI=1S/C23H24ClN4O4/c1-26(2)18-11-12-27(14-18)17-6-4-16(5-7-17)25-23(29)22-10-9-21(32-22)19-8-3-15(24)13-20(19)28(30)31/h3-10,13,18,30H,11-12,14H2,1-2H3,(H,25,29)/q-1. The molecule has 1 saturated heterocycles. The summed E-state index contributed by atoms with van der Waals surface area (Å²) in [5.41, 5.74) is 2.01. The number of rotatable bonds is 6. The molecule has 1 aromatic heterocycles. The molecule has 1 fully saturated rings. The van der Waals surface area contributed by atoms with Gasteiger partial charge in [0.15, 0.2) is 5.76 Å². The van der Waals surface area contributed by atoms with Gasteiger partial charge in [0.05, 0.1) is 5.69 Å². The second-order valence-electron chi connectivity index (χ2n) is 7.95. The number of nitrogens with one attached hydrogen (secondary N) is 1. The van der Waals surface area contributed by atoms with Crippen molar-refractivity contribution in [1.82, 2.24) is 4.90 Å². The zero-order valence-corrected chi connectivity index (χ0v) is 18.5. The van der Waals surface area contributed by atoms with Crippen molar-refractivity contribution in [2.45, 2.75) is 12.5 Å². The van der Waals surface area contributed by atoms with E-state index in [0.29, 0.717) is 17.3 Å². The topological polar surface area (TPSA) is 95.2 Å². The highest BCUT2D eigenvalue weighted by Gasteiger charge is 2.24. The zero-order chi connectivity index (χ0) is 22.8. The molecule has 1 aliphatic rings. The Bertz CT molecular complexity index is 1100. The van der Waals surface area contributed by atoms with Gasteiger partial charge in [-0.25, -0.2) is 0 Å². The first kappa shape index (κ1) is 22.2. The molecular weight excluding hydrogens is 432 g/mol. The van der Waals surface area contributed by atoms with Crippen molar-refractivity contribution in [2.75, 3.05) is 42.6 Å². The molecule has 0 aliphatic carbocycles. The highest BCUT2D eigenvalue weighted by molar-refractivity contribution is 6.31. The molecule has 32 heavy (non-hydrogen) atoms. The average Bonchev–Trinajstić information content (AvgIpc) is 3.44. The first-order valence-electron chi connectivity index (χ1n) is 10.2. The lowest BCUT2D eigenvalue weighted by molar-refractivity contribution is 0.0997. The average molecular weight is 456 g/mol. The molecule has 0 radical (unpaired) electrons. The van der Waals surface area contributed by atoms with Crippen LogP contribution in [0.2, 0.25) is 5.02 Å². The van der Waals surface area contributed by atoms with Gasteiger partial charge in [-0.3, -0.25) is 10.0 Å². The number of likely N-dealkylation sites (N-methyl/N-ethyl adjacent to an activating group) is 1. The second kappa shape index (κ2) is 9.22. The summed E-state index contributed by atoms with van der Waals surface area (Å²) in [4.78, 5) is 17.2.